The number of nitrogens with one attached hydrogen (secondary N) is 1. The third-order valence-electron chi connectivity index (χ3n) is 4.89. The summed E-state index contributed by atoms with van der Waals surface area (Å²) in [7, 11) is -3.25. The van der Waals surface area contributed by atoms with Crippen molar-refractivity contribution in [2.45, 2.75) is 19.9 Å². The van der Waals surface area contributed by atoms with Gasteiger partial charge in [-0.15, -0.1) is 0 Å². The molecule has 29 heavy (non-hydrogen) atoms. The van der Waals surface area contributed by atoms with E-state index in [9.17, 15) is 18.0 Å². The number of aryl methyl sites for hydroxylation is 1. The number of amides is 1. The second-order valence-corrected chi connectivity index (χ2v) is 8.77. The van der Waals surface area contributed by atoms with Crippen LogP contribution >= 0.6 is 0 Å². The minimum atomic E-state index is -3.25. The van der Waals surface area contributed by atoms with Gasteiger partial charge in [-0.25, -0.2) is 13.1 Å². The number of carbonyl (C=O) groups is 1. The van der Waals surface area contributed by atoms with Crippen molar-refractivity contribution < 1.29 is 13.2 Å². The summed E-state index contributed by atoms with van der Waals surface area (Å²) < 4.78 is 26.7. The van der Waals surface area contributed by atoms with Crippen molar-refractivity contribution >= 4 is 38.1 Å². The Balaban J connectivity index is 1.63. The molecule has 0 spiro atoms. The van der Waals surface area contributed by atoms with Gasteiger partial charge in [-0.05, 0) is 43.7 Å². The molecule has 0 bridgehead atoms. The first kappa shape index (κ1) is 19.1. The van der Waals surface area contributed by atoms with Crippen LogP contribution in [0.2, 0.25) is 0 Å². The van der Waals surface area contributed by atoms with Crippen LogP contribution in [0.3, 0.4) is 0 Å². The van der Waals surface area contributed by atoms with E-state index in [-0.39, 0.29) is 17.0 Å². The number of carbonyl (C=O) groups excluding carboxylic acids is 1. The maximum atomic E-state index is 12.9. The van der Waals surface area contributed by atoms with E-state index in [2.05, 4.69) is 10.4 Å². The van der Waals surface area contributed by atoms with Crippen LogP contribution in [-0.2, 0) is 16.6 Å². The van der Waals surface area contributed by atoms with Gasteiger partial charge in [0.2, 0.25) is 10.0 Å². The normalized spacial score (nSPS) is 15.6. The zero-order chi connectivity index (χ0) is 20.6. The van der Waals surface area contributed by atoms with Crippen LogP contribution in [0.25, 0.3) is 10.8 Å². The van der Waals surface area contributed by atoms with E-state index in [1.165, 1.54) is 8.99 Å². The number of sulfonamides is 1. The molecule has 3 aromatic rings. The molecule has 1 aliphatic rings. The number of hydrogen-bond donors (Lipinski definition) is 1. The fourth-order valence-electron chi connectivity index (χ4n) is 3.45. The monoisotopic (exact) mass is 412 g/mol. The van der Waals surface area contributed by atoms with Gasteiger partial charge in [0.1, 0.15) is 0 Å². The Labute approximate surface area is 167 Å². The molecule has 1 aromatic heterocycles. The van der Waals surface area contributed by atoms with Crippen molar-refractivity contribution in [3.05, 3.63) is 64.6 Å². The van der Waals surface area contributed by atoms with Crippen LogP contribution in [0.4, 0.5) is 11.4 Å². The standard InChI is InChI=1S/C20H20N4O4S/c1-2-23-20(26)17-7-4-3-6-16(17)18(22-23)19(25)21-14-8-10-15(11-9-14)24-12-5-13-29(24,27)28/h3-4,6-11H,2,5,12-13H2,1H3,(H,21,25). The van der Waals surface area contributed by atoms with E-state index < -0.39 is 15.9 Å². The lowest BCUT2D eigenvalue weighted by Crippen LogP contribution is -2.27. The fourth-order valence-corrected chi connectivity index (χ4v) is 5.01. The number of anilines is 2. The lowest BCUT2D eigenvalue weighted by atomic mass is 10.1. The molecule has 0 atom stereocenters. The zero-order valence-corrected chi connectivity index (χ0v) is 16.6. The fraction of sp³-hybridized carbons (Fsp3) is 0.250. The predicted molar refractivity (Wildman–Crippen MR) is 112 cm³/mol. The van der Waals surface area contributed by atoms with Crippen molar-refractivity contribution in [3.63, 3.8) is 0 Å². The first-order chi connectivity index (χ1) is 13.9. The smallest absolute Gasteiger partial charge is 0.276 e. The third kappa shape index (κ3) is 3.49. The topological polar surface area (TPSA) is 101 Å². The Hall–Kier alpha value is -3.20. The van der Waals surface area contributed by atoms with Gasteiger partial charge < -0.3 is 5.32 Å². The van der Waals surface area contributed by atoms with Gasteiger partial charge in [0.15, 0.2) is 5.69 Å². The average Bonchev–Trinajstić information content (AvgIpc) is 3.08. The Bertz CT molecular complexity index is 1250. The van der Waals surface area contributed by atoms with Gasteiger partial charge in [0, 0.05) is 24.2 Å². The quantitative estimate of drug-likeness (QED) is 0.708. The summed E-state index contributed by atoms with van der Waals surface area (Å²) in [6, 6.07) is 13.5. The third-order valence-corrected chi connectivity index (χ3v) is 6.76. The molecule has 0 radical (unpaired) electrons. The maximum absolute atomic E-state index is 12.9. The molecule has 1 fully saturated rings. The lowest BCUT2D eigenvalue weighted by Gasteiger charge is -2.17. The van der Waals surface area contributed by atoms with E-state index in [1.807, 2.05) is 0 Å². The molecule has 1 N–H and O–H groups in total. The lowest BCUT2D eigenvalue weighted by molar-refractivity contribution is 0.102. The summed E-state index contributed by atoms with van der Waals surface area (Å²) in [5, 5.41) is 7.91. The van der Waals surface area contributed by atoms with Crippen molar-refractivity contribution in [1.82, 2.24) is 9.78 Å². The van der Waals surface area contributed by atoms with Gasteiger partial charge >= 0.3 is 0 Å². The van der Waals surface area contributed by atoms with E-state index in [0.29, 0.717) is 41.7 Å². The molecular formula is C20H20N4O4S. The molecule has 2 aromatic carbocycles. The first-order valence-electron chi connectivity index (χ1n) is 9.32. The summed E-state index contributed by atoms with van der Waals surface area (Å²) in [5.41, 5.74) is 1.00. The Morgan fingerprint density at radius 2 is 1.79 bits per heavy atom. The van der Waals surface area contributed by atoms with Gasteiger partial charge in [-0.1, -0.05) is 18.2 Å². The van der Waals surface area contributed by atoms with Gasteiger partial charge in [0.05, 0.1) is 16.8 Å². The molecule has 150 valence electrons. The first-order valence-corrected chi connectivity index (χ1v) is 10.9. The minimum absolute atomic E-state index is 0.150. The maximum Gasteiger partial charge on any atom is 0.276 e. The summed E-state index contributed by atoms with van der Waals surface area (Å²) in [6.45, 7) is 2.60. The van der Waals surface area contributed by atoms with Crippen molar-refractivity contribution in [1.29, 1.82) is 0 Å². The second kappa shape index (κ2) is 7.32. The van der Waals surface area contributed by atoms with E-state index in [4.69, 9.17) is 0 Å². The minimum Gasteiger partial charge on any atom is -0.321 e. The van der Waals surface area contributed by atoms with Crippen LogP contribution in [-0.4, -0.2) is 36.4 Å². The SMILES string of the molecule is CCn1nc(C(=O)Nc2ccc(N3CCCS3(=O)=O)cc2)c2ccccc2c1=O. The summed E-state index contributed by atoms with van der Waals surface area (Å²) in [4.78, 5) is 25.3. The molecule has 1 aliphatic heterocycles. The molecule has 0 unspecified atom stereocenters. The molecule has 4 rings (SSSR count). The molecule has 9 heteroatoms. The molecule has 8 nitrogen and oxygen atoms in total. The van der Waals surface area contributed by atoms with Crippen molar-refractivity contribution in [3.8, 4) is 0 Å². The van der Waals surface area contributed by atoms with Gasteiger partial charge in [-0.2, -0.15) is 5.10 Å². The van der Waals surface area contributed by atoms with Crippen LogP contribution in [0.5, 0.6) is 0 Å². The van der Waals surface area contributed by atoms with E-state index >= 15 is 0 Å². The molecular weight excluding hydrogens is 392 g/mol. The Morgan fingerprint density at radius 3 is 2.41 bits per heavy atom. The highest BCUT2D eigenvalue weighted by Gasteiger charge is 2.28. The highest BCUT2D eigenvalue weighted by molar-refractivity contribution is 7.93. The van der Waals surface area contributed by atoms with E-state index in [1.54, 1.807) is 55.5 Å². The molecule has 0 aliphatic carbocycles. The summed E-state index contributed by atoms with van der Waals surface area (Å²) in [5.74, 6) is -0.290. The zero-order valence-electron chi connectivity index (χ0n) is 15.8. The van der Waals surface area contributed by atoms with Gasteiger partial charge in [0.25, 0.3) is 11.5 Å². The summed E-state index contributed by atoms with van der Waals surface area (Å²) >= 11 is 0. The number of nitrogens with zero attached hydrogens (tertiary/aromatic N) is 3. The Morgan fingerprint density at radius 1 is 1.10 bits per heavy atom. The van der Waals surface area contributed by atoms with Gasteiger partial charge in [-0.3, -0.25) is 13.9 Å². The van der Waals surface area contributed by atoms with Crippen LogP contribution in [0.15, 0.2) is 53.3 Å². The number of hydrogen-bond acceptors (Lipinski definition) is 5. The Kier molecular flexibility index (Phi) is 4.83. The van der Waals surface area contributed by atoms with Crippen LogP contribution in [0, 0.1) is 0 Å². The number of rotatable bonds is 4. The number of aromatic nitrogens is 2. The molecule has 1 saturated heterocycles. The van der Waals surface area contributed by atoms with Crippen LogP contribution in [0.1, 0.15) is 23.8 Å². The van der Waals surface area contributed by atoms with Crippen molar-refractivity contribution in [2.75, 3.05) is 21.9 Å². The molecule has 2 heterocycles. The van der Waals surface area contributed by atoms with Crippen molar-refractivity contribution in [2.24, 2.45) is 0 Å². The predicted octanol–water partition coefficient (Wildman–Crippen LogP) is 2.21. The highest BCUT2D eigenvalue weighted by atomic mass is 32.2. The number of fused-ring (bicyclic) bond motifs is 1. The molecule has 1 amide bonds. The second-order valence-electron chi connectivity index (χ2n) is 6.76. The average molecular weight is 412 g/mol. The summed E-state index contributed by atoms with van der Waals surface area (Å²) in [6.07, 6.45) is 0.604. The number of benzene rings is 2. The largest absolute Gasteiger partial charge is 0.321 e. The van der Waals surface area contributed by atoms with E-state index in [0.717, 1.165) is 0 Å². The molecule has 0 saturated carbocycles. The highest BCUT2D eigenvalue weighted by Crippen LogP contribution is 2.25. The van der Waals surface area contributed by atoms with Crippen LogP contribution < -0.4 is 15.2 Å².